The van der Waals surface area contributed by atoms with E-state index in [9.17, 15) is 14.9 Å². The van der Waals surface area contributed by atoms with Gasteiger partial charge in [0.05, 0.1) is 4.92 Å². The van der Waals surface area contributed by atoms with Gasteiger partial charge < -0.3 is 11.1 Å². The minimum absolute atomic E-state index is 0.0538. The molecule has 25 heavy (non-hydrogen) atoms. The fourth-order valence-corrected chi connectivity index (χ4v) is 3.61. The van der Waals surface area contributed by atoms with Crippen molar-refractivity contribution in [2.45, 2.75) is 31.1 Å². The van der Waals surface area contributed by atoms with Gasteiger partial charge in [-0.2, -0.15) is 0 Å². The number of rotatable bonds is 5. The average molecular weight is 339 g/mol. The highest BCUT2D eigenvalue weighted by Gasteiger charge is 2.35. The Labute approximate surface area is 146 Å². The van der Waals surface area contributed by atoms with Crippen molar-refractivity contribution in [3.05, 3.63) is 69.8 Å². The molecule has 1 aliphatic rings. The molecule has 2 aromatic carbocycles. The third-order valence-corrected chi connectivity index (χ3v) is 5.02. The maximum Gasteiger partial charge on any atom is 0.292 e. The van der Waals surface area contributed by atoms with Gasteiger partial charge in [0.2, 0.25) is 0 Å². The van der Waals surface area contributed by atoms with Gasteiger partial charge in [0.15, 0.2) is 0 Å². The van der Waals surface area contributed by atoms with Crippen molar-refractivity contribution in [1.29, 1.82) is 0 Å². The van der Waals surface area contributed by atoms with Gasteiger partial charge in [-0.25, -0.2) is 0 Å². The Balaban J connectivity index is 1.77. The predicted octanol–water partition coefficient (Wildman–Crippen LogP) is 3.42. The zero-order valence-corrected chi connectivity index (χ0v) is 13.9. The number of carbonyl (C=O) groups excluding carboxylic acids is 1. The maximum atomic E-state index is 12.5. The highest BCUT2D eigenvalue weighted by Crippen LogP contribution is 2.40. The fraction of sp³-hybridized carbons (Fsp3) is 0.316. The molecule has 130 valence electrons. The fourth-order valence-electron chi connectivity index (χ4n) is 3.61. The number of nitro groups is 1. The topological polar surface area (TPSA) is 98.3 Å². The summed E-state index contributed by atoms with van der Waals surface area (Å²) in [5, 5.41) is 14.0. The van der Waals surface area contributed by atoms with Gasteiger partial charge in [0.25, 0.3) is 11.6 Å². The molecule has 0 heterocycles. The summed E-state index contributed by atoms with van der Waals surface area (Å²) in [5.74, 6) is -0.315. The lowest BCUT2D eigenvalue weighted by Gasteiger charge is -2.30. The van der Waals surface area contributed by atoms with Crippen LogP contribution < -0.4 is 11.1 Å². The lowest BCUT2D eigenvalue weighted by molar-refractivity contribution is -0.383. The molecule has 0 bridgehead atoms. The maximum absolute atomic E-state index is 12.5. The lowest BCUT2D eigenvalue weighted by atomic mass is 9.79. The van der Waals surface area contributed by atoms with Crippen LogP contribution in [0.25, 0.3) is 0 Å². The Hall–Kier alpha value is -2.89. The summed E-state index contributed by atoms with van der Waals surface area (Å²) in [6.07, 6.45) is 4.33. The van der Waals surface area contributed by atoms with Crippen LogP contribution in [0.4, 0.5) is 11.4 Å². The van der Waals surface area contributed by atoms with E-state index in [1.165, 1.54) is 23.8 Å². The van der Waals surface area contributed by atoms with E-state index in [0.717, 1.165) is 25.7 Å². The zero-order chi connectivity index (χ0) is 17.9. The van der Waals surface area contributed by atoms with Crippen LogP contribution in [0.1, 0.15) is 41.6 Å². The number of nitrogens with two attached hydrogens (primary N) is 1. The number of anilines is 1. The Kier molecular flexibility index (Phi) is 4.70. The lowest BCUT2D eigenvalue weighted by Crippen LogP contribution is -2.39. The van der Waals surface area contributed by atoms with Crippen molar-refractivity contribution in [3.63, 3.8) is 0 Å². The van der Waals surface area contributed by atoms with Gasteiger partial charge in [0.1, 0.15) is 5.69 Å². The molecule has 3 rings (SSSR count). The van der Waals surface area contributed by atoms with E-state index >= 15 is 0 Å². The smallest absolute Gasteiger partial charge is 0.292 e. The Bertz CT molecular complexity index is 784. The minimum atomic E-state index is -0.575. The predicted molar refractivity (Wildman–Crippen MR) is 96.4 cm³/mol. The number of nitrogens with zero attached hydrogens (tertiary/aromatic N) is 1. The Morgan fingerprint density at radius 3 is 2.48 bits per heavy atom. The van der Waals surface area contributed by atoms with E-state index in [1.807, 2.05) is 18.2 Å². The summed E-state index contributed by atoms with van der Waals surface area (Å²) < 4.78 is 0. The molecule has 0 atom stereocenters. The van der Waals surface area contributed by atoms with Crippen LogP contribution >= 0.6 is 0 Å². The van der Waals surface area contributed by atoms with Crippen molar-refractivity contribution in [3.8, 4) is 0 Å². The normalized spacial score (nSPS) is 15.7. The van der Waals surface area contributed by atoms with Crippen molar-refractivity contribution in [2.75, 3.05) is 12.3 Å². The first-order valence-electron chi connectivity index (χ1n) is 8.39. The minimum Gasteiger partial charge on any atom is -0.393 e. The van der Waals surface area contributed by atoms with Crippen LogP contribution in [0.5, 0.6) is 0 Å². The zero-order valence-electron chi connectivity index (χ0n) is 13.9. The number of nitro benzene ring substituents is 1. The molecule has 3 N–H and O–H groups in total. The number of benzene rings is 2. The Morgan fingerprint density at radius 2 is 1.84 bits per heavy atom. The number of nitrogen functional groups attached to an aromatic ring is 1. The number of nitrogens with one attached hydrogen (secondary N) is 1. The number of hydrogen-bond donors (Lipinski definition) is 2. The second-order valence-electron chi connectivity index (χ2n) is 6.57. The number of hydrogen-bond acceptors (Lipinski definition) is 4. The van der Waals surface area contributed by atoms with Crippen LogP contribution in [0.2, 0.25) is 0 Å². The van der Waals surface area contributed by atoms with Gasteiger partial charge in [0, 0.05) is 23.6 Å². The molecule has 2 aromatic rings. The summed E-state index contributed by atoms with van der Waals surface area (Å²) in [7, 11) is 0. The number of amides is 1. The summed E-state index contributed by atoms with van der Waals surface area (Å²) in [4.78, 5) is 22.9. The van der Waals surface area contributed by atoms with Crippen LogP contribution in [0, 0.1) is 10.1 Å². The summed E-state index contributed by atoms with van der Waals surface area (Å²) in [6.45, 7) is 0.522. The molecule has 0 saturated heterocycles. The van der Waals surface area contributed by atoms with Gasteiger partial charge in [-0.3, -0.25) is 14.9 Å². The monoisotopic (exact) mass is 339 g/mol. The van der Waals surface area contributed by atoms with E-state index in [4.69, 9.17) is 5.73 Å². The van der Waals surface area contributed by atoms with Crippen molar-refractivity contribution in [1.82, 2.24) is 5.32 Å². The molecule has 1 saturated carbocycles. The molecule has 1 aliphatic carbocycles. The van der Waals surface area contributed by atoms with Crippen LogP contribution in [0.3, 0.4) is 0 Å². The van der Waals surface area contributed by atoms with Crippen LogP contribution in [0.15, 0.2) is 48.5 Å². The second kappa shape index (κ2) is 6.93. The molecule has 0 radical (unpaired) electrons. The van der Waals surface area contributed by atoms with Crippen LogP contribution in [-0.2, 0) is 5.41 Å². The quantitative estimate of drug-likeness (QED) is 0.495. The third-order valence-electron chi connectivity index (χ3n) is 5.02. The van der Waals surface area contributed by atoms with E-state index in [2.05, 4.69) is 17.4 Å². The number of carbonyl (C=O) groups is 1. The molecule has 0 aromatic heterocycles. The first kappa shape index (κ1) is 17.0. The molecule has 1 amide bonds. The van der Waals surface area contributed by atoms with Gasteiger partial charge in [-0.1, -0.05) is 43.2 Å². The van der Waals surface area contributed by atoms with E-state index < -0.39 is 4.92 Å². The molecule has 6 nitrogen and oxygen atoms in total. The third kappa shape index (κ3) is 3.47. The largest absolute Gasteiger partial charge is 0.393 e. The Morgan fingerprint density at radius 1 is 1.16 bits per heavy atom. The van der Waals surface area contributed by atoms with Crippen molar-refractivity contribution >= 4 is 17.3 Å². The SMILES string of the molecule is Nc1ccc(C(=O)NCC2(c3ccccc3)CCCC2)cc1[N+](=O)[O-]. The van der Waals surface area contributed by atoms with Crippen molar-refractivity contribution < 1.29 is 9.72 Å². The van der Waals surface area contributed by atoms with Gasteiger partial charge in [-0.15, -0.1) is 0 Å². The second-order valence-corrected chi connectivity index (χ2v) is 6.57. The molecule has 1 fully saturated rings. The summed E-state index contributed by atoms with van der Waals surface area (Å²) in [6, 6.07) is 14.4. The standard InChI is InChI=1S/C19H21N3O3/c20-16-9-8-14(12-17(16)22(24)25)18(23)21-13-19(10-4-5-11-19)15-6-2-1-3-7-15/h1-3,6-9,12H,4-5,10-11,13,20H2,(H,21,23). The first-order valence-corrected chi connectivity index (χ1v) is 8.39. The highest BCUT2D eigenvalue weighted by molar-refractivity contribution is 5.95. The molecule has 0 aliphatic heterocycles. The summed E-state index contributed by atoms with van der Waals surface area (Å²) in [5.41, 5.74) is 6.82. The average Bonchev–Trinajstić information content (AvgIpc) is 3.11. The van der Waals surface area contributed by atoms with E-state index in [1.54, 1.807) is 0 Å². The molecular formula is C19H21N3O3. The highest BCUT2D eigenvalue weighted by atomic mass is 16.6. The molecule has 6 heteroatoms. The van der Waals surface area contributed by atoms with E-state index in [0.29, 0.717) is 6.54 Å². The van der Waals surface area contributed by atoms with Crippen molar-refractivity contribution in [2.24, 2.45) is 0 Å². The summed E-state index contributed by atoms with van der Waals surface area (Å²) >= 11 is 0. The van der Waals surface area contributed by atoms with Gasteiger partial charge >= 0.3 is 0 Å². The molecular weight excluding hydrogens is 318 g/mol. The molecule has 0 spiro atoms. The molecule has 0 unspecified atom stereocenters. The first-order chi connectivity index (χ1) is 12.0. The van der Waals surface area contributed by atoms with Gasteiger partial charge in [-0.05, 0) is 30.5 Å². The van der Waals surface area contributed by atoms with E-state index in [-0.39, 0.29) is 28.3 Å². The van der Waals surface area contributed by atoms with Crippen LogP contribution in [-0.4, -0.2) is 17.4 Å².